The zero-order valence-corrected chi connectivity index (χ0v) is 8.78. The fourth-order valence-electron chi connectivity index (χ4n) is 1.07. The molecule has 1 nitrogen and oxygen atoms in total. The molecule has 1 aromatic carbocycles. The first kappa shape index (κ1) is 12.0. The maximum atomic E-state index is 12.8. The van der Waals surface area contributed by atoms with E-state index in [1.807, 2.05) is 0 Å². The quantitative estimate of drug-likeness (QED) is 0.721. The SMILES string of the molecule is N#CCc1cc(F)cc(C(F)(F)F)c1Br. The number of nitrogens with zero attached hydrogens (tertiary/aromatic N) is 1. The minimum Gasteiger partial charge on any atom is -0.207 e. The first-order valence-corrected chi connectivity index (χ1v) is 4.57. The minimum absolute atomic E-state index is 0.00942. The standard InChI is InChI=1S/C9H4BrF4N/c10-8-5(1-2-15)3-6(11)4-7(8)9(12,13)14/h3-4H,1H2. The van der Waals surface area contributed by atoms with Crippen molar-refractivity contribution in [2.45, 2.75) is 12.6 Å². The van der Waals surface area contributed by atoms with Crippen molar-refractivity contribution in [3.8, 4) is 6.07 Å². The summed E-state index contributed by atoms with van der Waals surface area (Å²) in [6, 6.07) is 2.97. The van der Waals surface area contributed by atoms with Crippen LogP contribution in [0.1, 0.15) is 11.1 Å². The topological polar surface area (TPSA) is 23.8 Å². The third-order valence-electron chi connectivity index (χ3n) is 1.69. The highest BCUT2D eigenvalue weighted by atomic mass is 79.9. The van der Waals surface area contributed by atoms with E-state index in [-0.39, 0.29) is 16.5 Å². The molecule has 0 aromatic heterocycles. The van der Waals surface area contributed by atoms with Crippen molar-refractivity contribution in [1.82, 2.24) is 0 Å². The lowest BCUT2D eigenvalue weighted by atomic mass is 10.1. The molecule has 0 spiro atoms. The van der Waals surface area contributed by atoms with Gasteiger partial charge in [0, 0.05) is 4.47 Å². The number of rotatable bonds is 1. The summed E-state index contributed by atoms with van der Waals surface area (Å²) in [5, 5.41) is 8.35. The van der Waals surface area contributed by atoms with Crippen LogP contribution in [0.2, 0.25) is 0 Å². The maximum absolute atomic E-state index is 12.8. The third kappa shape index (κ3) is 2.69. The van der Waals surface area contributed by atoms with Crippen LogP contribution in [0.15, 0.2) is 16.6 Å². The molecule has 0 saturated heterocycles. The molecule has 0 saturated carbocycles. The van der Waals surface area contributed by atoms with E-state index in [0.717, 1.165) is 6.07 Å². The van der Waals surface area contributed by atoms with E-state index in [1.165, 1.54) is 0 Å². The van der Waals surface area contributed by atoms with Gasteiger partial charge in [0.25, 0.3) is 0 Å². The Labute approximate surface area is 91.4 Å². The van der Waals surface area contributed by atoms with E-state index in [4.69, 9.17) is 5.26 Å². The van der Waals surface area contributed by atoms with Crippen LogP contribution in [-0.4, -0.2) is 0 Å². The highest BCUT2D eigenvalue weighted by Crippen LogP contribution is 2.37. The van der Waals surface area contributed by atoms with E-state index in [0.29, 0.717) is 6.07 Å². The number of nitriles is 1. The fourth-order valence-corrected chi connectivity index (χ4v) is 1.66. The zero-order valence-electron chi connectivity index (χ0n) is 7.20. The molecular formula is C9H4BrF4N. The number of alkyl halides is 3. The van der Waals surface area contributed by atoms with Crippen LogP contribution in [0.3, 0.4) is 0 Å². The first-order valence-electron chi connectivity index (χ1n) is 3.78. The molecule has 1 rings (SSSR count). The van der Waals surface area contributed by atoms with Gasteiger partial charge in [0.1, 0.15) is 5.82 Å². The molecular weight excluding hydrogens is 278 g/mol. The van der Waals surface area contributed by atoms with Gasteiger partial charge in [-0.1, -0.05) is 0 Å². The van der Waals surface area contributed by atoms with Gasteiger partial charge in [0.15, 0.2) is 0 Å². The van der Waals surface area contributed by atoms with Crippen LogP contribution in [-0.2, 0) is 12.6 Å². The van der Waals surface area contributed by atoms with Crippen molar-refractivity contribution in [1.29, 1.82) is 5.26 Å². The lowest BCUT2D eigenvalue weighted by molar-refractivity contribution is -0.138. The van der Waals surface area contributed by atoms with E-state index in [2.05, 4.69) is 15.9 Å². The Bertz CT molecular complexity index is 419. The Morgan fingerprint density at radius 1 is 1.33 bits per heavy atom. The summed E-state index contributed by atoms with van der Waals surface area (Å²) in [5.74, 6) is -1.00. The van der Waals surface area contributed by atoms with Crippen LogP contribution < -0.4 is 0 Å². The Morgan fingerprint density at radius 2 is 1.93 bits per heavy atom. The molecule has 0 amide bonds. The first-order chi connectivity index (χ1) is 6.86. The normalized spacial score (nSPS) is 11.2. The zero-order chi connectivity index (χ0) is 11.6. The van der Waals surface area contributed by atoms with Gasteiger partial charge >= 0.3 is 6.18 Å². The highest BCUT2D eigenvalue weighted by molar-refractivity contribution is 9.10. The summed E-state index contributed by atoms with van der Waals surface area (Å²) in [6.45, 7) is 0. The lowest BCUT2D eigenvalue weighted by Gasteiger charge is -2.11. The Morgan fingerprint density at radius 3 is 2.40 bits per heavy atom. The summed E-state index contributed by atoms with van der Waals surface area (Å²) in [5.41, 5.74) is -1.11. The molecule has 0 aliphatic heterocycles. The monoisotopic (exact) mass is 281 g/mol. The molecule has 0 fully saturated rings. The largest absolute Gasteiger partial charge is 0.417 e. The lowest BCUT2D eigenvalue weighted by Crippen LogP contribution is -2.08. The van der Waals surface area contributed by atoms with E-state index >= 15 is 0 Å². The number of hydrogen-bond donors (Lipinski definition) is 0. The fraction of sp³-hybridized carbons (Fsp3) is 0.222. The summed E-state index contributed by atoms with van der Waals surface area (Å²) in [7, 11) is 0. The van der Waals surface area contributed by atoms with Crippen LogP contribution in [0.4, 0.5) is 17.6 Å². The predicted molar refractivity (Wildman–Crippen MR) is 48.4 cm³/mol. The molecule has 0 heterocycles. The van der Waals surface area contributed by atoms with E-state index in [9.17, 15) is 17.6 Å². The van der Waals surface area contributed by atoms with E-state index < -0.39 is 17.6 Å². The van der Waals surface area contributed by atoms with Crippen molar-refractivity contribution in [2.75, 3.05) is 0 Å². The van der Waals surface area contributed by atoms with Gasteiger partial charge in [-0.25, -0.2) is 4.39 Å². The number of benzene rings is 1. The molecule has 0 atom stereocenters. The summed E-state index contributed by atoms with van der Waals surface area (Å²) < 4.78 is 49.7. The number of hydrogen-bond acceptors (Lipinski definition) is 1. The van der Waals surface area contributed by atoms with Gasteiger partial charge < -0.3 is 0 Å². The smallest absolute Gasteiger partial charge is 0.207 e. The molecule has 1 aromatic rings. The van der Waals surface area contributed by atoms with Crippen molar-refractivity contribution in [2.24, 2.45) is 0 Å². The molecule has 80 valence electrons. The van der Waals surface area contributed by atoms with Crippen molar-refractivity contribution >= 4 is 15.9 Å². The van der Waals surface area contributed by atoms with Gasteiger partial charge in [-0.3, -0.25) is 0 Å². The molecule has 0 N–H and O–H groups in total. The Kier molecular flexibility index (Phi) is 3.35. The second kappa shape index (κ2) is 4.19. The van der Waals surface area contributed by atoms with Gasteiger partial charge in [0.05, 0.1) is 18.1 Å². The molecule has 0 bridgehead atoms. The van der Waals surface area contributed by atoms with E-state index in [1.54, 1.807) is 6.07 Å². The van der Waals surface area contributed by atoms with Crippen molar-refractivity contribution < 1.29 is 17.6 Å². The molecule has 0 radical (unpaired) electrons. The van der Waals surface area contributed by atoms with Crippen molar-refractivity contribution in [3.63, 3.8) is 0 Å². The number of halogens is 5. The van der Waals surface area contributed by atoms with Gasteiger partial charge in [0.2, 0.25) is 0 Å². The van der Waals surface area contributed by atoms with Crippen LogP contribution >= 0.6 is 15.9 Å². The van der Waals surface area contributed by atoms with Gasteiger partial charge in [-0.2, -0.15) is 18.4 Å². The van der Waals surface area contributed by atoms with Crippen LogP contribution in [0.5, 0.6) is 0 Å². The average Bonchev–Trinajstić information content (AvgIpc) is 2.09. The van der Waals surface area contributed by atoms with Crippen molar-refractivity contribution in [3.05, 3.63) is 33.5 Å². The van der Waals surface area contributed by atoms with Gasteiger partial charge in [-0.05, 0) is 33.6 Å². The minimum atomic E-state index is -4.63. The van der Waals surface area contributed by atoms with Gasteiger partial charge in [-0.15, -0.1) is 0 Å². The Balaban J connectivity index is 3.36. The van der Waals surface area contributed by atoms with Crippen LogP contribution in [0.25, 0.3) is 0 Å². The summed E-state index contributed by atoms with van der Waals surface area (Å²) in [6.07, 6.45) is -4.91. The average molecular weight is 282 g/mol. The molecule has 0 unspecified atom stereocenters. The Hall–Kier alpha value is -1.09. The van der Waals surface area contributed by atoms with Crippen LogP contribution in [0, 0.1) is 17.1 Å². The predicted octanol–water partition coefficient (Wildman–Crippen LogP) is 3.67. The molecule has 6 heteroatoms. The molecule has 0 aliphatic rings. The molecule has 15 heavy (non-hydrogen) atoms. The summed E-state index contributed by atoms with van der Waals surface area (Å²) in [4.78, 5) is 0. The second-order valence-electron chi connectivity index (χ2n) is 2.76. The second-order valence-corrected chi connectivity index (χ2v) is 3.55. The molecule has 0 aliphatic carbocycles. The maximum Gasteiger partial charge on any atom is 0.417 e. The summed E-state index contributed by atoms with van der Waals surface area (Å²) >= 11 is 2.71. The highest BCUT2D eigenvalue weighted by Gasteiger charge is 2.34. The third-order valence-corrected chi connectivity index (χ3v) is 2.62.